The van der Waals surface area contributed by atoms with E-state index in [0.717, 1.165) is 19.4 Å². The van der Waals surface area contributed by atoms with E-state index in [1.165, 1.54) is 0 Å². The molecule has 1 unspecified atom stereocenters. The van der Waals surface area contributed by atoms with Crippen molar-refractivity contribution in [1.29, 1.82) is 0 Å². The van der Waals surface area contributed by atoms with Crippen LogP contribution in [0.2, 0.25) is 0 Å². The molecule has 7 heteroatoms. The Labute approximate surface area is 140 Å². The summed E-state index contributed by atoms with van der Waals surface area (Å²) in [6.07, 6.45) is 1.96. The van der Waals surface area contributed by atoms with Crippen LogP contribution in [0.5, 0.6) is 0 Å². The van der Waals surface area contributed by atoms with Gasteiger partial charge in [0.25, 0.3) is 0 Å². The number of rotatable bonds is 17. The Kier molecular flexibility index (Phi) is 17.1. The predicted molar refractivity (Wildman–Crippen MR) is 89.5 cm³/mol. The SMILES string of the molecule is CCC(=O)NCCCOCCOCCOCCCNCC(C)O. The third-order valence-electron chi connectivity index (χ3n) is 2.93. The van der Waals surface area contributed by atoms with Crippen molar-refractivity contribution in [3.8, 4) is 0 Å². The molecule has 0 aromatic heterocycles. The first kappa shape index (κ1) is 22.3. The van der Waals surface area contributed by atoms with E-state index in [2.05, 4.69) is 10.6 Å². The zero-order valence-electron chi connectivity index (χ0n) is 14.6. The molecule has 1 amide bonds. The average molecular weight is 334 g/mol. The van der Waals surface area contributed by atoms with E-state index in [-0.39, 0.29) is 12.0 Å². The minimum Gasteiger partial charge on any atom is -0.392 e. The van der Waals surface area contributed by atoms with Gasteiger partial charge < -0.3 is 30.0 Å². The zero-order valence-corrected chi connectivity index (χ0v) is 14.6. The molecule has 0 heterocycles. The van der Waals surface area contributed by atoms with Gasteiger partial charge >= 0.3 is 0 Å². The van der Waals surface area contributed by atoms with Crippen LogP contribution >= 0.6 is 0 Å². The van der Waals surface area contributed by atoms with E-state index in [4.69, 9.17) is 19.3 Å². The highest BCUT2D eigenvalue weighted by Crippen LogP contribution is 1.86. The summed E-state index contributed by atoms with van der Waals surface area (Å²) in [6, 6.07) is 0. The Balaban J connectivity index is 3.01. The van der Waals surface area contributed by atoms with Gasteiger partial charge in [-0.15, -0.1) is 0 Å². The van der Waals surface area contributed by atoms with Gasteiger partial charge in [0.2, 0.25) is 5.91 Å². The smallest absolute Gasteiger partial charge is 0.219 e. The molecule has 0 radical (unpaired) electrons. The minimum atomic E-state index is -0.304. The van der Waals surface area contributed by atoms with Crippen LogP contribution < -0.4 is 10.6 Å². The van der Waals surface area contributed by atoms with Crippen LogP contribution in [-0.4, -0.2) is 76.4 Å². The molecule has 0 aromatic carbocycles. The number of nitrogens with one attached hydrogen (secondary N) is 2. The lowest BCUT2D eigenvalue weighted by molar-refractivity contribution is -0.120. The van der Waals surface area contributed by atoms with Crippen LogP contribution in [0.25, 0.3) is 0 Å². The third kappa shape index (κ3) is 19.2. The molecular weight excluding hydrogens is 300 g/mol. The lowest BCUT2D eigenvalue weighted by Gasteiger charge is -2.08. The van der Waals surface area contributed by atoms with Gasteiger partial charge in [0, 0.05) is 32.7 Å². The second kappa shape index (κ2) is 17.6. The number of hydrogen-bond donors (Lipinski definition) is 3. The van der Waals surface area contributed by atoms with Crippen molar-refractivity contribution in [2.24, 2.45) is 0 Å². The second-order valence-electron chi connectivity index (χ2n) is 5.30. The van der Waals surface area contributed by atoms with Crippen LogP contribution in [0.4, 0.5) is 0 Å². The molecule has 0 saturated carbocycles. The fourth-order valence-electron chi connectivity index (χ4n) is 1.68. The quantitative estimate of drug-likeness (QED) is 0.332. The molecule has 0 fully saturated rings. The summed E-state index contributed by atoms with van der Waals surface area (Å²) in [5, 5.41) is 15.0. The Hall–Kier alpha value is -0.730. The summed E-state index contributed by atoms with van der Waals surface area (Å²) in [6.45, 7) is 9.30. The van der Waals surface area contributed by atoms with Gasteiger partial charge in [0.05, 0.1) is 32.5 Å². The van der Waals surface area contributed by atoms with Crippen molar-refractivity contribution in [2.45, 2.75) is 39.2 Å². The maximum Gasteiger partial charge on any atom is 0.219 e. The van der Waals surface area contributed by atoms with E-state index in [1.54, 1.807) is 6.92 Å². The van der Waals surface area contributed by atoms with Crippen LogP contribution in [0.15, 0.2) is 0 Å². The van der Waals surface area contributed by atoms with Gasteiger partial charge in [0.1, 0.15) is 0 Å². The Morgan fingerprint density at radius 1 is 0.957 bits per heavy atom. The lowest BCUT2D eigenvalue weighted by Crippen LogP contribution is -2.26. The fraction of sp³-hybridized carbons (Fsp3) is 0.938. The molecule has 138 valence electrons. The first-order chi connectivity index (χ1) is 11.2. The number of hydrogen-bond acceptors (Lipinski definition) is 6. The normalized spacial score (nSPS) is 12.3. The standard InChI is InChI=1S/C16H34N2O5/c1-3-16(20)18-7-5-9-22-11-13-23-12-10-21-8-4-6-17-14-15(2)19/h15,17,19H,3-14H2,1-2H3,(H,18,20). The minimum absolute atomic E-state index is 0.0760. The molecule has 0 saturated heterocycles. The van der Waals surface area contributed by atoms with Gasteiger partial charge in [0.15, 0.2) is 0 Å². The largest absolute Gasteiger partial charge is 0.392 e. The number of aliphatic hydroxyl groups is 1. The van der Waals surface area contributed by atoms with Gasteiger partial charge in [-0.2, -0.15) is 0 Å². The molecule has 0 aliphatic heterocycles. The van der Waals surface area contributed by atoms with E-state index < -0.39 is 0 Å². The molecule has 0 aliphatic rings. The van der Waals surface area contributed by atoms with E-state index in [1.807, 2.05) is 6.92 Å². The van der Waals surface area contributed by atoms with E-state index in [0.29, 0.717) is 59.2 Å². The molecule has 0 bridgehead atoms. The van der Waals surface area contributed by atoms with E-state index >= 15 is 0 Å². The highest BCUT2D eigenvalue weighted by molar-refractivity contribution is 5.75. The van der Waals surface area contributed by atoms with Crippen molar-refractivity contribution in [3.63, 3.8) is 0 Å². The maximum absolute atomic E-state index is 11.0. The maximum atomic E-state index is 11.0. The van der Waals surface area contributed by atoms with Crippen LogP contribution in [-0.2, 0) is 19.0 Å². The highest BCUT2D eigenvalue weighted by atomic mass is 16.5. The summed E-state index contributed by atoms with van der Waals surface area (Å²) < 4.78 is 16.2. The molecule has 1 atom stereocenters. The Bertz CT molecular complexity index is 265. The molecular formula is C16H34N2O5. The Morgan fingerprint density at radius 3 is 2.00 bits per heavy atom. The first-order valence-electron chi connectivity index (χ1n) is 8.55. The van der Waals surface area contributed by atoms with Crippen molar-refractivity contribution < 1.29 is 24.1 Å². The molecule has 0 rings (SSSR count). The molecule has 0 spiro atoms. The molecule has 0 aliphatic carbocycles. The van der Waals surface area contributed by atoms with Gasteiger partial charge in [-0.05, 0) is 26.3 Å². The number of carbonyl (C=O) groups excluding carboxylic acids is 1. The molecule has 3 N–H and O–H groups in total. The molecule has 23 heavy (non-hydrogen) atoms. The number of aliphatic hydroxyl groups excluding tert-OH is 1. The van der Waals surface area contributed by atoms with Crippen molar-refractivity contribution >= 4 is 5.91 Å². The first-order valence-corrected chi connectivity index (χ1v) is 8.55. The number of ether oxygens (including phenoxy) is 3. The molecule has 7 nitrogen and oxygen atoms in total. The summed E-state index contributed by atoms with van der Waals surface area (Å²) in [5.74, 6) is 0.0760. The molecule has 0 aromatic rings. The predicted octanol–water partition coefficient (Wildman–Crippen LogP) is 0.313. The van der Waals surface area contributed by atoms with Gasteiger partial charge in [-0.25, -0.2) is 0 Å². The number of amides is 1. The average Bonchev–Trinajstić information content (AvgIpc) is 2.53. The summed E-state index contributed by atoms with van der Waals surface area (Å²) in [4.78, 5) is 11.0. The van der Waals surface area contributed by atoms with Crippen LogP contribution in [0.1, 0.15) is 33.1 Å². The van der Waals surface area contributed by atoms with Gasteiger partial charge in [-0.1, -0.05) is 6.92 Å². The summed E-state index contributed by atoms with van der Waals surface area (Å²) >= 11 is 0. The lowest BCUT2D eigenvalue weighted by atomic mass is 10.4. The topological polar surface area (TPSA) is 89.1 Å². The van der Waals surface area contributed by atoms with Crippen molar-refractivity contribution in [3.05, 3.63) is 0 Å². The fourth-order valence-corrected chi connectivity index (χ4v) is 1.68. The third-order valence-corrected chi connectivity index (χ3v) is 2.93. The van der Waals surface area contributed by atoms with Crippen molar-refractivity contribution in [2.75, 3.05) is 59.3 Å². The van der Waals surface area contributed by atoms with Crippen molar-refractivity contribution in [1.82, 2.24) is 10.6 Å². The van der Waals surface area contributed by atoms with Gasteiger partial charge in [-0.3, -0.25) is 4.79 Å². The van der Waals surface area contributed by atoms with Crippen LogP contribution in [0, 0.1) is 0 Å². The summed E-state index contributed by atoms with van der Waals surface area (Å²) in [7, 11) is 0. The van der Waals surface area contributed by atoms with Crippen LogP contribution in [0.3, 0.4) is 0 Å². The summed E-state index contributed by atoms with van der Waals surface area (Å²) in [5.41, 5.74) is 0. The zero-order chi connectivity index (χ0) is 17.2. The van der Waals surface area contributed by atoms with E-state index in [9.17, 15) is 4.79 Å². The Morgan fingerprint density at radius 2 is 1.48 bits per heavy atom. The second-order valence-corrected chi connectivity index (χ2v) is 5.30. The number of carbonyl (C=O) groups is 1. The monoisotopic (exact) mass is 334 g/mol. The highest BCUT2D eigenvalue weighted by Gasteiger charge is 1.96.